The maximum absolute atomic E-state index is 9.82. The lowest BCUT2D eigenvalue weighted by molar-refractivity contribution is -0.0326. The van der Waals surface area contributed by atoms with Gasteiger partial charge in [-0.1, -0.05) is 19.8 Å². The number of nitrogens with two attached hydrogens (primary N) is 1. The summed E-state index contributed by atoms with van der Waals surface area (Å²) in [6.07, 6.45) is 4.42. The second-order valence-corrected chi connectivity index (χ2v) is 3.45. The van der Waals surface area contributed by atoms with Crippen LogP contribution in [0.2, 0.25) is 0 Å². The molecule has 0 aliphatic heterocycles. The van der Waals surface area contributed by atoms with E-state index in [-0.39, 0.29) is 0 Å². The van der Waals surface area contributed by atoms with Gasteiger partial charge < -0.3 is 10.8 Å². The van der Waals surface area contributed by atoms with Crippen LogP contribution in [0.25, 0.3) is 0 Å². The first-order valence-electron chi connectivity index (χ1n) is 4.11. The van der Waals surface area contributed by atoms with Gasteiger partial charge in [0.15, 0.2) is 0 Å². The van der Waals surface area contributed by atoms with Crippen molar-refractivity contribution in [3.63, 3.8) is 0 Å². The maximum atomic E-state index is 9.82. The molecular formula is C8H17NO. The largest absolute Gasteiger partial charge is 0.388 e. The van der Waals surface area contributed by atoms with Crippen LogP contribution >= 0.6 is 0 Å². The van der Waals surface area contributed by atoms with Crippen molar-refractivity contribution in [2.24, 2.45) is 11.7 Å². The molecular weight excluding hydrogens is 126 g/mol. The highest BCUT2D eigenvalue weighted by atomic mass is 16.3. The lowest BCUT2D eigenvalue weighted by Gasteiger charge is -2.36. The van der Waals surface area contributed by atoms with Crippen molar-refractivity contribution in [2.45, 2.75) is 38.2 Å². The van der Waals surface area contributed by atoms with E-state index in [1.54, 1.807) is 0 Å². The molecule has 1 aliphatic carbocycles. The predicted molar refractivity (Wildman–Crippen MR) is 41.6 cm³/mol. The smallest absolute Gasteiger partial charge is 0.0794 e. The summed E-state index contributed by atoms with van der Waals surface area (Å²) >= 11 is 0. The Balaban J connectivity index is 2.54. The normalized spacial score (nSPS) is 41.7. The summed E-state index contributed by atoms with van der Waals surface area (Å²) in [5, 5.41) is 9.82. The Labute approximate surface area is 62.4 Å². The zero-order valence-corrected chi connectivity index (χ0v) is 6.64. The molecule has 0 unspecified atom stereocenters. The molecule has 0 heterocycles. The first-order valence-corrected chi connectivity index (χ1v) is 4.11. The summed E-state index contributed by atoms with van der Waals surface area (Å²) in [5.41, 5.74) is 4.93. The van der Waals surface area contributed by atoms with Crippen LogP contribution in [0.3, 0.4) is 0 Å². The summed E-state index contributed by atoms with van der Waals surface area (Å²) in [6, 6.07) is 0. The number of hydrogen-bond acceptors (Lipinski definition) is 2. The van der Waals surface area contributed by atoms with Crippen LogP contribution in [0.15, 0.2) is 0 Å². The van der Waals surface area contributed by atoms with Crippen molar-refractivity contribution in [3.05, 3.63) is 0 Å². The molecule has 1 aliphatic rings. The standard InChI is InChI=1S/C8H17NO/c1-7-4-2-3-5-8(7,10)6-9/h7,10H,2-6,9H2,1H3/t7-,8+/m0/s1. The molecule has 1 fully saturated rings. The van der Waals surface area contributed by atoms with E-state index in [4.69, 9.17) is 5.73 Å². The van der Waals surface area contributed by atoms with Gasteiger partial charge in [-0.15, -0.1) is 0 Å². The Morgan fingerprint density at radius 3 is 2.70 bits per heavy atom. The highest BCUT2D eigenvalue weighted by Crippen LogP contribution is 2.32. The molecule has 0 saturated heterocycles. The van der Waals surface area contributed by atoms with E-state index in [1.807, 2.05) is 0 Å². The molecule has 2 nitrogen and oxygen atoms in total. The van der Waals surface area contributed by atoms with Crippen molar-refractivity contribution in [3.8, 4) is 0 Å². The molecule has 0 radical (unpaired) electrons. The molecule has 0 amide bonds. The summed E-state index contributed by atoms with van der Waals surface area (Å²) in [5.74, 6) is 0.395. The van der Waals surface area contributed by atoms with Gasteiger partial charge in [0.05, 0.1) is 5.60 Å². The maximum Gasteiger partial charge on any atom is 0.0794 e. The molecule has 1 rings (SSSR count). The second kappa shape index (κ2) is 2.89. The van der Waals surface area contributed by atoms with E-state index < -0.39 is 5.60 Å². The Bertz CT molecular complexity index is 116. The molecule has 0 bridgehead atoms. The summed E-state index contributed by atoms with van der Waals surface area (Å²) in [6.45, 7) is 2.51. The highest BCUT2D eigenvalue weighted by molar-refractivity contribution is 4.88. The molecule has 10 heavy (non-hydrogen) atoms. The lowest BCUT2D eigenvalue weighted by Crippen LogP contribution is -2.45. The fourth-order valence-corrected chi connectivity index (χ4v) is 1.70. The quantitative estimate of drug-likeness (QED) is 0.572. The van der Waals surface area contributed by atoms with Crippen molar-refractivity contribution >= 4 is 0 Å². The van der Waals surface area contributed by atoms with Gasteiger partial charge in [0.1, 0.15) is 0 Å². The zero-order chi connectivity index (χ0) is 7.61. The summed E-state index contributed by atoms with van der Waals surface area (Å²) < 4.78 is 0. The summed E-state index contributed by atoms with van der Waals surface area (Å²) in [4.78, 5) is 0. The van der Waals surface area contributed by atoms with E-state index in [2.05, 4.69) is 6.92 Å². The average molecular weight is 143 g/mol. The topological polar surface area (TPSA) is 46.2 Å². The van der Waals surface area contributed by atoms with Gasteiger partial charge in [-0.3, -0.25) is 0 Å². The van der Waals surface area contributed by atoms with Gasteiger partial charge in [0, 0.05) is 6.54 Å². The van der Waals surface area contributed by atoms with Gasteiger partial charge >= 0.3 is 0 Å². The number of aliphatic hydroxyl groups is 1. The SMILES string of the molecule is C[C@H]1CCCC[C@@]1(O)CN. The Kier molecular flexibility index (Phi) is 2.32. The molecule has 0 spiro atoms. The van der Waals surface area contributed by atoms with Gasteiger partial charge in [-0.2, -0.15) is 0 Å². The van der Waals surface area contributed by atoms with E-state index in [0.717, 1.165) is 19.3 Å². The zero-order valence-electron chi connectivity index (χ0n) is 6.64. The highest BCUT2D eigenvalue weighted by Gasteiger charge is 2.34. The third kappa shape index (κ3) is 1.32. The molecule has 0 aromatic carbocycles. The summed E-state index contributed by atoms with van der Waals surface area (Å²) in [7, 11) is 0. The van der Waals surface area contributed by atoms with Crippen LogP contribution in [-0.4, -0.2) is 17.3 Å². The minimum absolute atomic E-state index is 0.395. The van der Waals surface area contributed by atoms with Gasteiger partial charge in [0.2, 0.25) is 0 Å². The van der Waals surface area contributed by atoms with Crippen molar-refractivity contribution in [1.82, 2.24) is 0 Å². The fourth-order valence-electron chi connectivity index (χ4n) is 1.70. The van der Waals surface area contributed by atoms with E-state index >= 15 is 0 Å². The van der Waals surface area contributed by atoms with Crippen LogP contribution in [0.5, 0.6) is 0 Å². The third-order valence-corrected chi connectivity index (χ3v) is 2.77. The number of rotatable bonds is 1. The van der Waals surface area contributed by atoms with Crippen LogP contribution in [0.4, 0.5) is 0 Å². The molecule has 2 atom stereocenters. The minimum atomic E-state index is -0.543. The molecule has 3 N–H and O–H groups in total. The lowest BCUT2D eigenvalue weighted by atomic mass is 9.76. The van der Waals surface area contributed by atoms with Gasteiger partial charge in [-0.25, -0.2) is 0 Å². The second-order valence-electron chi connectivity index (χ2n) is 3.45. The monoisotopic (exact) mass is 143 g/mol. The molecule has 0 aromatic heterocycles. The van der Waals surface area contributed by atoms with Crippen LogP contribution in [0.1, 0.15) is 32.6 Å². The van der Waals surface area contributed by atoms with Crippen molar-refractivity contribution < 1.29 is 5.11 Å². The van der Waals surface area contributed by atoms with Gasteiger partial charge in [0.25, 0.3) is 0 Å². The molecule has 60 valence electrons. The molecule has 2 heteroatoms. The first kappa shape index (κ1) is 8.02. The Morgan fingerprint density at radius 2 is 2.30 bits per heavy atom. The fraction of sp³-hybridized carbons (Fsp3) is 1.00. The Morgan fingerprint density at radius 1 is 1.60 bits per heavy atom. The van der Waals surface area contributed by atoms with E-state index in [0.29, 0.717) is 12.5 Å². The van der Waals surface area contributed by atoms with E-state index in [9.17, 15) is 5.11 Å². The number of hydrogen-bond donors (Lipinski definition) is 2. The van der Waals surface area contributed by atoms with Crippen molar-refractivity contribution in [2.75, 3.05) is 6.54 Å². The average Bonchev–Trinajstić information content (AvgIpc) is 1.96. The van der Waals surface area contributed by atoms with Crippen LogP contribution in [-0.2, 0) is 0 Å². The van der Waals surface area contributed by atoms with Crippen LogP contribution < -0.4 is 5.73 Å². The minimum Gasteiger partial charge on any atom is -0.388 e. The van der Waals surface area contributed by atoms with Gasteiger partial charge in [-0.05, 0) is 18.8 Å². The first-order chi connectivity index (χ1) is 4.69. The third-order valence-electron chi connectivity index (χ3n) is 2.77. The Hall–Kier alpha value is -0.0800. The molecule has 0 aromatic rings. The van der Waals surface area contributed by atoms with Crippen LogP contribution in [0, 0.1) is 5.92 Å². The predicted octanol–water partition coefficient (Wildman–Crippen LogP) is 0.886. The van der Waals surface area contributed by atoms with E-state index in [1.165, 1.54) is 6.42 Å². The molecule has 1 saturated carbocycles. The van der Waals surface area contributed by atoms with Crippen molar-refractivity contribution in [1.29, 1.82) is 0 Å².